The molecule has 254 valence electrons. The molecule has 0 bridgehead atoms. The molecule has 0 saturated carbocycles. The summed E-state index contributed by atoms with van der Waals surface area (Å²) in [5.41, 5.74) is 13.1. The van der Waals surface area contributed by atoms with Gasteiger partial charge in [-0.15, -0.1) is 6.42 Å². The van der Waals surface area contributed by atoms with Crippen molar-refractivity contribution in [2.75, 3.05) is 4.90 Å². The Balaban J connectivity index is 1.33. The van der Waals surface area contributed by atoms with Crippen LogP contribution in [0.5, 0.6) is 0 Å². The molecule has 0 amide bonds. The van der Waals surface area contributed by atoms with E-state index in [1.54, 1.807) is 6.08 Å². The zero-order valence-electron chi connectivity index (χ0n) is 30.1. The number of allylic oxidation sites excluding steroid dienone is 4. The second kappa shape index (κ2) is 13.1. The monoisotopic (exact) mass is 683 g/mol. The second-order valence-corrected chi connectivity index (χ2v) is 14.4. The van der Waals surface area contributed by atoms with Gasteiger partial charge in [0, 0.05) is 45.1 Å². The Labute approximate surface area is 311 Å². The smallest absolute Gasteiger partial charge is 0.0998 e. The van der Waals surface area contributed by atoms with Crippen molar-refractivity contribution < 1.29 is 0 Å². The molecule has 5 aromatic rings. The van der Waals surface area contributed by atoms with E-state index in [0.29, 0.717) is 17.0 Å². The molecule has 3 unspecified atom stereocenters. The SMILES string of the molecule is C#C/C=C\c1c(C)n(-c2ccccc2-c2ccccc2-c2cc(C#N)cc(N3C4=C(C(C)CC=C4)C4C=C(C#N)CCC43C)c2)c2cccc(C#N)c12. The van der Waals surface area contributed by atoms with Crippen molar-refractivity contribution in [3.63, 3.8) is 0 Å². The maximum absolute atomic E-state index is 10.4. The van der Waals surface area contributed by atoms with E-state index in [1.165, 1.54) is 11.3 Å². The van der Waals surface area contributed by atoms with Gasteiger partial charge in [-0.05, 0) is 116 Å². The number of terminal acetylenes is 1. The maximum atomic E-state index is 10.4. The molecule has 0 radical (unpaired) electrons. The van der Waals surface area contributed by atoms with Gasteiger partial charge < -0.3 is 9.47 Å². The Bertz CT molecular complexity index is 2650. The van der Waals surface area contributed by atoms with Crippen molar-refractivity contribution in [3.05, 3.63) is 148 Å². The number of benzene rings is 4. The van der Waals surface area contributed by atoms with Crippen molar-refractivity contribution in [3.8, 4) is 58.5 Å². The van der Waals surface area contributed by atoms with Crippen molar-refractivity contribution in [1.82, 2.24) is 4.57 Å². The van der Waals surface area contributed by atoms with E-state index in [1.807, 2.05) is 42.5 Å². The highest BCUT2D eigenvalue weighted by atomic mass is 15.2. The fourth-order valence-electron chi connectivity index (χ4n) is 9.07. The first-order valence-corrected chi connectivity index (χ1v) is 18.1. The molecule has 0 N–H and O–H groups in total. The minimum atomic E-state index is -0.272. The highest BCUT2D eigenvalue weighted by molar-refractivity contribution is 5.98. The highest BCUT2D eigenvalue weighted by Crippen LogP contribution is 2.55. The normalized spacial score (nSPS) is 20.4. The maximum Gasteiger partial charge on any atom is 0.0998 e. The van der Waals surface area contributed by atoms with Crippen LogP contribution in [0, 0.1) is 65.1 Å². The van der Waals surface area contributed by atoms with Gasteiger partial charge in [-0.3, -0.25) is 0 Å². The molecule has 53 heavy (non-hydrogen) atoms. The minimum Gasteiger partial charge on any atom is -0.335 e. The van der Waals surface area contributed by atoms with E-state index in [2.05, 4.69) is 121 Å². The van der Waals surface area contributed by atoms with Crippen molar-refractivity contribution >= 4 is 22.7 Å². The van der Waals surface area contributed by atoms with Crippen LogP contribution in [-0.4, -0.2) is 10.1 Å². The van der Waals surface area contributed by atoms with Gasteiger partial charge in [0.1, 0.15) is 0 Å². The largest absolute Gasteiger partial charge is 0.335 e. The van der Waals surface area contributed by atoms with Crippen LogP contribution in [0.3, 0.4) is 0 Å². The Morgan fingerprint density at radius 2 is 1.66 bits per heavy atom. The van der Waals surface area contributed by atoms with Crippen LogP contribution < -0.4 is 4.90 Å². The molecule has 3 atom stereocenters. The van der Waals surface area contributed by atoms with Crippen LogP contribution in [0.4, 0.5) is 5.69 Å². The summed E-state index contributed by atoms with van der Waals surface area (Å²) >= 11 is 0. The summed E-state index contributed by atoms with van der Waals surface area (Å²) in [7, 11) is 0. The minimum absolute atomic E-state index is 0.121. The molecule has 0 spiro atoms. The van der Waals surface area contributed by atoms with E-state index in [0.717, 1.165) is 80.6 Å². The van der Waals surface area contributed by atoms with Gasteiger partial charge >= 0.3 is 0 Å². The van der Waals surface area contributed by atoms with Crippen LogP contribution >= 0.6 is 0 Å². The van der Waals surface area contributed by atoms with Crippen LogP contribution in [-0.2, 0) is 0 Å². The molecule has 2 heterocycles. The lowest BCUT2D eigenvalue weighted by Crippen LogP contribution is -2.47. The zero-order chi connectivity index (χ0) is 36.9. The van der Waals surface area contributed by atoms with Crippen molar-refractivity contribution in [2.24, 2.45) is 11.8 Å². The van der Waals surface area contributed by atoms with Crippen LogP contribution in [0.15, 0.2) is 126 Å². The van der Waals surface area contributed by atoms with Gasteiger partial charge in [0.25, 0.3) is 0 Å². The Morgan fingerprint density at radius 1 is 0.887 bits per heavy atom. The summed E-state index contributed by atoms with van der Waals surface area (Å²) in [5, 5.41) is 31.3. The second-order valence-electron chi connectivity index (χ2n) is 14.4. The molecule has 1 aromatic heterocycles. The number of anilines is 1. The van der Waals surface area contributed by atoms with Crippen molar-refractivity contribution in [1.29, 1.82) is 15.8 Å². The summed E-state index contributed by atoms with van der Waals surface area (Å²) in [6.07, 6.45) is 18.5. The van der Waals surface area contributed by atoms with Gasteiger partial charge in [-0.2, -0.15) is 15.8 Å². The zero-order valence-corrected chi connectivity index (χ0v) is 30.1. The number of aromatic nitrogens is 1. The summed E-state index contributed by atoms with van der Waals surface area (Å²) in [4.78, 5) is 2.46. The van der Waals surface area contributed by atoms with Crippen LogP contribution in [0.1, 0.15) is 55.5 Å². The van der Waals surface area contributed by atoms with E-state index in [4.69, 9.17) is 6.42 Å². The molecule has 8 rings (SSSR count). The predicted molar refractivity (Wildman–Crippen MR) is 213 cm³/mol. The van der Waals surface area contributed by atoms with Gasteiger partial charge in [0.2, 0.25) is 0 Å². The summed E-state index contributed by atoms with van der Waals surface area (Å²) in [6, 6.07) is 36.1. The first-order chi connectivity index (χ1) is 25.8. The quantitative estimate of drug-likeness (QED) is 0.173. The standard InChI is InChI=1S/C48H37N5/c1-5-6-15-38-32(3)52(44-20-12-14-35(30-51)47(38)44)43-19-10-9-18-41(43)40-17-8-7-16-39(40)36-24-34(29-50)25-37(27-36)53-45-21-11-13-31(2)46(45)42-26-33(28-49)22-23-48(42,53)4/h1,6-12,14-21,24-27,31,42H,13,22-23H2,2-4H3/b15-6-. The number of rotatable bonds is 5. The van der Waals surface area contributed by atoms with Gasteiger partial charge in [-0.1, -0.05) is 73.5 Å². The topological polar surface area (TPSA) is 79.5 Å². The Kier molecular flexibility index (Phi) is 8.23. The number of nitriles is 3. The molecule has 2 aliphatic carbocycles. The first kappa shape index (κ1) is 33.4. The third-order valence-electron chi connectivity index (χ3n) is 11.5. The third kappa shape index (κ3) is 5.22. The average molecular weight is 684 g/mol. The summed E-state index contributed by atoms with van der Waals surface area (Å²) in [6.45, 7) is 6.67. The summed E-state index contributed by atoms with van der Waals surface area (Å²) < 4.78 is 2.22. The molecular formula is C48H37N5. The third-order valence-corrected chi connectivity index (χ3v) is 11.5. The van der Waals surface area contributed by atoms with Crippen molar-refractivity contribution in [2.45, 2.75) is 45.6 Å². The molecule has 0 fully saturated rings. The molecule has 5 nitrogen and oxygen atoms in total. The van der Waals surface area contributed by atoms with Crippen LogP contribution in [0.2, 0.25) is 0 Å². The predicted octanol–water partition coefficient (Wildman–Crippen LogP) is 11.0. The lowest BCUT2D eigenvalue weighted by molar-refractivity contribution is 0.347. The fourth-order valence-corrected chi connectivity index (χ4v) is 9.07. The van der Waals surface area contributed by atoms with Gasteiger partial charge in [0.05, 0.1) is 46.1 Å². The Morgan fingerprint density at radius 3 is 2.42 bits per heavy atom. The molecule has 4 aromatic carbocycles. The van der Waals surface area contributed by atoms with E-state index < -0.39 is 0 Å². The molecule has 5 heteroatoms. The van der Waals surface area contributed by atoms with E-state index in [-0.39, 0.29) is 11.5 Å². The lowest BCUT2D eigenvalue weighted by Gasteiger charge is -2.44. The van der Waals surface area contributed by atoms with Gasteiger partial charge in [0.15, 0.2) is 0 Å². The van der Waals surface area contributed by atoms with E-state index in [9.17, 15) is 15.8 Å². The fraction of sp³-hybridized carbons (Fsp3) is 0.188. The highest BCUT2D eigenvalue weighted by Gasteiger charge is 2.51. The van der Waals surface area contributed by atoms with E-state index >= 15 is 0 Å². The molecule has 1 aliphatic heterocycles. The number of para-hydroxylation sites is 1. The first-order valence-electron chi connectivity index (χ1n) is 18.1. The summed E-state index contributed by atoms with van der Waals surface area (Å²) in [5.74, 6) is 3.09. The molecule has 0 saturated heterocycles. The molecule has 3 aliphatic rings. The molecular weight excluding hydrogens is 647 g/mol. The van der Waals surface area contributed by atoms with Gasteiger partial charge in [-0.25, -0.2) is 0 Å². The number of fused-ring (bicyclic) bond motifs is 3. The number of nitrogens with zero attached hydrogens (tertiary/aromatic N) is 5. The average Bonchev–Trinajstić information content (AvgIpc) is 3.63. The number of hydrogen-bond donors (Lipinski definition) is 0. The Hall–Kier alpha value is -6.79. The lowest BCUT2D eigenvalue weighted by atomic mass is 9.70. The number of hydrogen-bond acceptors (Lipinski definition) is 4. The van der Waals surface area contributed by atoms with Crippen LogP contribution in [0.25, 0.3) is 44.9 Å².